The van der Waals surface area contributed by atoms with Crippen LogP contribution in [0.3, 0.4) is 0 Å². The molecule has 7 heteroatoms. The summed E-state index contributed by atoms with van der Waals surface area (Å²) < 4.78 is 0. The Kier molecular flexibility index (Phi) is 7.17. The van der Waals surface area contributed by atoms with Crippen LogP contribution in [0.15, 0.2) is 30.3 Å². The van der Waals surface area contributed by atoms with E-state index in [0.717, 1.165) is 16.9 Å². The highest BCUT2D eigenvalue weighted by molar-refractivity contribution is 7.18. The van der Waals surface area contributed by atoms with Crippen LogP contribution in [-0.4, -0.2) is 29.8 Å². The number of nitriles is 1. The van der Waals surface area contributed by atoms with Gasteiger partial charge in [-0.1, -0.05) is 23.7 Å². The summed E-state index contributed by atoms with van der Waals surface area (Å²) in [6.45, 7) is 6.69. The van der Waals surface area contributed by atoms with Gasteiger partial charge in [0.15, 0.2) is 0 Å². The standard InChI is InChI=1S/C20H20ClN3O2S/c1-4-24(5-2)20(26)18-13(3)16(12-22)19(27-18)23-17(25)10-9-14-7-6-8-15(21)11-14/h6-11H,4-5H2,1-3H3,(H,23,25)/b10-9+. The van der Waals surface area contributed by atoms with Gasteiger partial charge in [0.2, 0.25) is 5.91 Å². The number of anilines is 1. The highest BCUT2D eigenvalue weighted by Gasteiger charge is 2.23. The van der Waals surface area contributed by atoms with Crippen molar-refractivity contribution < 1.29 is 9.59 Å². The Morgan fingerprint density at radius 1 is 1.33 bits per heavy atom. The van der Waals surface area contributed by atoms with Gasteiger partial charge in [0.1, 0.15) is 11.1 Å². The molecule has 2 aromatic rings. The Morgan fingerprint density at radius 2 is 2.04 bits per heavy atom. The molecule has 2 rings (SSSR count). The van der Waals surface area contributed by atoms with Gasteiger partial charge in [0.05, 0.1) is 10.4 Å². The van der Waals surface area contributed by atoms with Crippen molar-refractivity contribution in [3.05, 3.63) is 56.9 Å². The lowest BCUT2D eigenvalue weighted by Crippen LogP contribution is -2.30. The highest BCUT2D eigenvalue weighted by Crippen LogP contribution is 2.33. The summed E-state index contributed by atoms with van der Waals surface area (Å²) >= 11 is 7.05. The number of carbonyl (C=O) groups is 2. The summed E-state index contributed by atoms with van der Waals surface area (Å²) in [6.07, 6.45) is 3.00. The minimum absolute atomic E-state index is 0.131. The minimum atomic E-state index is -0.380. The molecule has 0 aliphatic heterocycles. The van der Waals surface area contributed by atoms with Crippen LogP contribution in [-0.2, 0) is 4.79 Å². The topological polar surface area (TPSA) is 73.2 Å². The molecule has 1 N–H and O–H groups in total. The van der Waals surface area contributed by atoms with Crippen molar-refractivity contribution in [3.63, 3.8) is 0 Å². The maximum atomic E-state index is 12.6. The maximum Gasteiger partial charge on any atom is 0.264 e. The van der Waals surface area contributed by atoms with E-state index in [4.69, 9.17) is 11.6 Å². The van der Waals surface area contributed by atoms with Gasteiger partial charge in [-0.05, 0) is 50.1 Å². The van der Waals surface area contributed by atoms with E-state index in [2.05, 4.69) is 11.4 Å². The fraction of sp³-hybridized carbons (Fsp3) is 0.250. The molecule has 0 fully saturated rings. The number of hydrogen-bond donors (Lipinski definition) is 1. The van der Waals surface area contributed by atoms with E-state index in [1.165, 1.54) is 6.08 Å². The van der Waals surface area contributed by atoms with Gasteiger partial charge in [-0.2, -0.15) is 5.26 Å². The number of nitrogens with zero attached hydrogens (tertiary/aromatic N) is 2. The lowest BCUT2D eigenvalue weighted by Gasteiger charge is -2.17. The van der Waals surface area contributed by atoms with E-state index in [1.54, 1.807) is 36.1 Å². The molecule has 2 amide bonds. The second kappa shape index (κ2) is 9.36. The molecule has 5 nitrogen and oxygen atoms in total. The second-order valence-electron chi connectivity index (χ2n) is 5.73. The molecule has 0 saturated carbocycles. The van der Waals surface area contributed by atoms with Crippen molar-refractivity contribution in [2.75, 3.05) is 18.4 Å². The number of amides is 2. The smallest absolute Gasteiger partial charge is 0.264 e. The number of rotatable bonds is 6. The van der Waals surface area contributed by atoms with Crippen molar-refractivity contribution in [1.82, 2.24) is 4.90 Å². The number of halogens is 1. The number of benzene rings is 1. The largest absolute Gasteiger partial charge is 0.338 e. The molecule has 1 heterocycles. The molecule has 0 atom stereocenters. The molecule has 0 radical (unpaired) electrons. The summed E-state index contributed by atoms with van der Waals surface area (Å²) in [5.74, 6) is -0.511. The number of nitrogens with one attached hydrogen (secondary N) is 1. The third-order valence-electron chi connectivity index (χ3n) is 4.02. The van der Waals surface area contributed by atoms with Crippen LogP contribution >= 0.6 is 22.9 Å². The molecule has 27 heavy (non-hydrogen) atoms. The lowest BCUT2D eigenvalue weighted by molar-refractivity contribution is -0.111. The maximum absolute atomic E-state index is 12.6. The first-order valence-electron chi connectivity index (χ1n) is 8.48. The van der Waals surface area contributed by atoms with Gasteiger partial charge >= 0.3 is 0 Å². The SMILES string of the molecule is CCN(CC)C(=O)c1sc(NC(=O)/C=C/c2cccc(Cl)c2)c(C#N)c1C. The molecular weight excluding hydrogens is 382 g/mol. The van der Waals surface area contributed by atoms with Crippen molar-refractivity contribution >= 4 is 45.8 Å². The first-order chi connectivity index (χ1) is 12.9. The number of hydrogen-bond acceptors (Lipinski definition) is 4. The predicted octanol–water partition coefficient (Wildman–Crippen LogP) is 4.72. The lowest BCUT2D eigenvalue weighted by atomic mass is 10.1. The summed E-state index contributed by atoms with van der Waals surface area (Å²) in [6, 6.07) is 9.19. The van der Waals surface area contributed by atoms with E-state index in [0.29, 0.717) is 39.1 Å². The van der Waals surface area contributed by atoms with Gasteiger partial charge in [-0.3, -0.25) is 9.59 Å². The van der Waals surface area contributed by atoms with Crippen LogP contribution in [0, 0.1) is 18.3 Å². The van der Waals surface area contributed by atoms with E-state index in [-0.39, 0.29) is 11.8 Å². The fourth-order valence-electron chi connectivity index (χ4n) is 2.53. The zero-order chi connectivity index (χ0) is 20.0. The van der Waals surface area contributed by atoms with Crippen molar-refractivity contribution in [2.45, 2.75) is 20.8 Å². The first-order valence-corrected chi connectivity index (χ1v) is 9.68. The third-order valence-corrected chi connectivity index (χ3v) is 5.45. The van der Waals surface area contributed by atoms with Gasteiger partial charge in [0.25, 0.3) is 5.91 Å². The van der Waals surface area contributed by atoms with E-state index >= 15 is 0 Å². The predicted molar refractivity (Wildman–Crippen MR) is 110 cm³/mol. The number of carbonyl (C=O) groups excluding carboxylic acids is 2. The first kappa shape index (κ1) is 20.7. The molecule has 1 aromatic carbocycles. The molecule has 0 aliphatic carbocycles. The van der Waals surface area contributed by atoms with E-state index < -0.39 is 0 Å². The Labute approximate surface area is 167 Å². The summed E-state index contributed by atoms with van der Waals surface area (Å²) in [5, 5.41) is 13.1. The van der Waals surface area contributed by atoms with Gasteiger partial charge in [0, 0.05) is 24.2 Å². The van der Waals surface area contributed by atoms with Gasteiger partial charge in [-0.15, -0.1) is 11.3 Å². The summed E-state index contributed by atoms with van der Waals surface area (Å²) in [5.41, 5.74) is 1.70. The quantitative estimate of drug-likeness (QED) is 0.712. The van der Waals surface area contributed by atoms with Gasteiger partial charge in [-0.25, -0.2) is 0 Å². The van der Waals surface area contributed by atoms with Crippen LogP contribution in [0.4, 0.5) is 5.00 Å². The monoisotopic (exact) mass is 401 g/mol. The van der Waals surface area contributed by atoms with Crippen LogP contribution in [0.25, 0.3) is 6.08 Å². The van der Waals surface area contributed by atoms with E-state index in [1.807, 2.05) is 19.9 Å². The zero-order valence-corrected chi connectivity index (χ0v) is 16.9. The molecule has 1 aromatic heterocycles. The molecule has 0 aliphatic rings. The molecule has 0 bridgehead atoms. The minimum Gasteiger partial charge on any atom is -0.338 e. The summed E-state index contributed by atoms with van der Waals surface area (Å²) in [4.78, 5) is 27.0. The average Bonchev–Trinajstić information content (AvgIpc) is 2.96. The fourth-order valence-corrected chi connectivity index (χ4v) is 3.86. The Bertz CT molecular complexity index is 924. The summed E-state index contributed by atoms with van der Waals surface area (Å²) in [7, 11) is 0. The van der Waals surface area contributed by atoms with Crippen LogP contribution in [0.2, 0.25) is 5.02 Å². The van der Waals surface area contributed by atoms with Gasteiger partial charge < -0.3 is 10.2 Å². The molecule has 0 unspecified atom stereocenters. The Balaban J connectivity index is 2.23. The molecular formula is C20H20ClN3O2S. The van der Waals surface area contributed by atoms with Crippen molar-refractivity contribution in [2.24, 2.45) is 0 Å². The second-order valence-corrected chi connectivity index (χ2v) is 7.18. The highest BCUT2D eigenvalue weighted by atomic mass is 35.5. The number of thiophene rings is 1. The van der Waals surface area contributed by atoms with Crippen LogP contribution < -0.4 is 5.32 Å². The van der Waals surface area contributed by atoms with Crippen molar-refractivity contribution in [1.29, 1.82) is 5.26 Å². The Morgan fingerprint density at radius 3 is 2.63 bits per heavy atom. The molecule has 0 saturated heterocycles. The molecule has 140 valence electrons. The third kappa shape index (κ3) is 4.97. The Hall–Kier alpha value is -2.62. The zero-order valence-electron chi connectivity index (χ0n) is 15.4. The van der Waals surface area contributed by atoms with E-state index in [9.17, 15) is 14.9 Å². The van der Waals surface area contributed by atoms with Crippen LogP contribution in [0.1, 0.15) is 40.2 Å². The van der Waals surface area contributed by atoms with Crippen LogP contribution in [0.5, 0.6) is 0 Å². The average molecular weight is 402 g/mol. The normalized spacial score (nSPS) is 10.6. The van der Waals surface area contributed by atoms with Crippen molar-refractivity contribution in [3.8, 4) is 6.07 Å². The molecule has 0 spiro atoms.